The molecule has 0 amide bonds. The molecule has 75 heavy (non-hydrogen) atoms. The second-order valence-corrected chi connectivity index (χ2v) is 27.0. The van der Waals surface area contributed by atoms with Gasteiger partial charge in [-0.15, -0.1) is 11.3 Å². The first kappa shape index (κ1) is 47.6. The Balaban J connectivity index is 1.16. The molecule has 1 aromatic heterocycles. The van der Waals surface area contributed by atoms with Gasteiger partial charge in [-0.05, 0) is 165 Å². The van der Waals surface area contributed by atoms with Crippen molar-refractivity contribution in [3.05, 3.63) is 198 Å². The molecule has 0 fully saturated rings. The summed E-state index contributed by atoms with van der Waals surface area (Å²) in [6.45, 7) is 30.5. The predicted molar refractivity (Wildman–Crippen MR) is 330 cm³/mol. The van der Waals surface area contributed by atoms with E-state index in [-0.39, 0.29) is 28.4 Å². The number of hydrogen-bond acceptors (Lipinski definition) is 3. The fraction of sp³-hybridized carbons (Fsp3) is 0.239. The van der Waals surface area contributed by atoms with Gasteiger partial charge in [-0.1, -0.05) is 198 Å². The van der Waals surface area contributed by atoms with Crippen molar-refractivity contribution in [2.24, 2.45) is 0 Å². The minimum Gasteiger partial charge on any atom is -0.311 e. The minimum absolute atomic E-state index is 0.00764. The van der Waals surface area contributed by atoms with Crippen LogP contribution in [0.15, 0.2) is 170 Å². The third-order valence-corrected chi connectivity index (χ3v) is 17.9. The standard InChI is InChI=1S/C71H67BN2S/c1-42-36-60-65-61(37-42)74(57-32-26-47(68(2,3)4)38-53(57)43-18-15-14-16-19-43)66-55-40-49(70(8,9)10)29-35-62(55)75-67(66)72(65)56-41-50(71(11,12)13)28-34-59(56)73(60)58-33-27-48(69(5,6)7)39-54(58)51-30-24-46-23-22-44-20-17-21-45-25-31-52(51)64(46)63(44)45/h14-41H,1-13H3. The van der Waals surface area contributed by atoms with Crippen LogP contribution in [0.2, 0.25) is 0 Å². The summed E-state index contributed by atoms with van der Waals surface area (Å²) in [5.74, 6) is 0. The Morgan fingerprint density at radius 2 is 0.907 bits per heavy atom. The van der Waals surface area contributed by atoms with Crippen molar-refractivity contribution in [1.82, 2.24) is 0 Å². The first-order chi connectivity index (χ1) is 35.6. The Hall–Kier alpha value is -7.14. The molecule has 3 heterocycles. The van der Waals surface area contributed by atoms with E-state index >= 15 is 0 Å². The molecule has 13 rings (SSSR count). The predicted octanol–water partition coefficient (Wildman–Crippen LogP) is 18.7. The number of nitrogens with zero attached hydrogens (tertiary/aromatic N) is 2. The van der Waals surface area contributed by atoms with Crippen LogP contribution < -0.4 is 25.5 Å². The summed E-state index contributed by atoms with van der Waals surface area (Å²) < 4.78 is 2.72. The van der Waals surface area contributed by atoms with Crippen LogP contribution in [0.4, 0.5) is 34.1 Å². The highest BCUT2D eigenvalue weighted by atomic mass is 32.1. The van der Waals surface area contributed by atoms with Crippen molar-refractivity contribution in [2.45, 2.75) is 112 Å². The zero-order valence-corrected chi connectivity index (χ0v) is 46.9. The second-order valence-electron chi connectivity index (χ2n) is 25.9. The van der Waals surface area contributed by atoms with Gasteiger partial charge < -0.3 is 9.80 Å². The molecular formula is C71H67BN2S. The number of rotatable bonds is 4. The third-order valence-electron chi connectivity index (χ3n) is 16.6. The highest BCUT2D eigenvalue weighted by molar-refractivity contribution is 7.33. The third kappa shape index (κ3) is 7.49. The molecule has 0 saturated carbocycles. The van der Waals surface area contributed by atoms with E-state index in [1.807, 2.05) is 11.3 Å². The van der Waals surface area contributed by atoms with Crippen molar-refractivity contribution in [2.75, 3.05) is 9.80 Å². The largest absolute Gasteiger partial charge is 0.311 e. The molecule has 0 unspecified atom stereocenters. The summed E-state index contributed by atoms with van der Waals surface area (Å²) in [7, 11) is 0. The SMILES string of the molecule is Cc1cc2c3c(c1)N(c1ccc(C(C)(C)C)cc1-c1ccccc1)c1c(sc4ccc(C(C)(C)C)cc14)B3c1cc(C(C)(C)C)ccc1N2c1ccc(C(C)(C)C)cc1-c1ccc2ccc3cccc4ccc1c2c34. The molecule has 370 valence electrons. The van der Waals surface area contributed by atoms with E-state index in [2.05, 4.69) is 270 Å². The van der Waals surface area contributed by atoms with Gasteiger partial charge in [-0.3, -0.25) is 0 Å². The number of thiophene rings is 1. The lowest BCUT2D eigenvalue weighted by atomic mass is 9.36. The molecule has 2 nitrogen and oxygen atoms in total. The number of aryl methyl sites for hydroxylation is 1. The van der Waals surface area contributed by atoms with Crippen LogP contribution in [0, 0.1) is 6.92 Å². The monoisotopic (exact) mass is 991 g/mol. The molecule has 0 spiro atoms. The highest BCUT2D eigenvalue weighted by Crippen LogP contribution is 2.53. The van der Waals surface area contributed by atoms with Crippen molar-refractivity contribution >= 4 is 110 Å². The fourth-order valence-corrected chi connectivity index (χ4v) is 13.8. The van der Waals surface area contributed by atoms with E-state index < -0.39 is 0 Å². The topological polar surface area (TPSA) is 6.48 Å². The first-order valence-electron chi connectivity index (χ1n) is 27.1. The average Bonchev–Trinajstić information content (AvgIpc) is 3.79. The molecule has 11 aromatic rings. The molecule has 0 N–H and O–H groups in total. The lowest BCUT2D eigenvalue weighted by molar-refractivity contribution is 0.590. The van der Waals surface area contributed by atoms with Crippen LogP contribution in [-0.2, 0) is 21.7 Å². The van der Waals surface area contributed by atoms with Crippen LogP contribution in [-0.4, -0.2) is 6.71 Å². The molecule has 0 saturated heterocycles. The van der Waals surface area contributed by atoms with E-state index in [0.717, 1.165) is 0 Å². The van der Waals surface area contributed by atoms with Crippen LogP contribution in [0.25, 0.3) is 64.7 Å². The number of fused-ring (bicyclic) bond motifs is 6. The lowest BCUT2D eigenvalue weighted by Crippen LogP contribution is -2.60. The van der Waals surface area contributed by atoms with E-state index in [1.54, 1.807) is 0 Å². The van der Waals surface area contributed by atoms with Crippen molar-refractivity contribution in [3.63, 3.8) is 0 Å². The average molecular weight is 991 g/mol. The van der Waals surface area contributed by atoms with Gasteiger partial charge in [-0.25, -0.2) is 0 Å². The zero-order valence-electron chi connectivity index (χ0n) is 46.0. The second kappa shape index (κ2) is 16.4. The molecule has 0 radical (unpaired) electrons. The minimum atomic E-state index is -0.0734. The maximum Gasteiger partial charge on any atom is 0.264 e. The van der Waals surface area contributed by atoms with E-state index in [9.17, 15) is 0 Å². The summed E-state index contributed by atoms with van der Waals surface area (Å²) in [5.41, 5.74) is 21.5. The summed E-state index contributed by atoms with van der Waals surface area (Å²) in [5, 5.41) is 9.14. The summed E-state index contributed by atoms with van der Waals surface area (Å²) in [6.07, 6.45) is 0. The maximum atomic E-state index is 2.69. The molecular weight excluding hydrogens is 924 g/mol. The van der Waals surface area contributed by atoms with E-state index in [4.69, 9.17) is 0 Å². The summed E-state index contributed by atoms with van der Waals surface area (Å²) in [6, 6.07) is 66.3. The Kier molecular flexibility index (Phi) is 10.4. The molecule has 4 heteroatoms. The maximum absolute atomic E-state index is 2.69. The van der Waals surface area contributed by atoms with Gasteiger partial charge >= 0.3 is 0 Å². The van der Waals surface area contributed by atoms with E-state index in [0.29, 0.717) is 0 Å². The number of anilines is 6. The Labute approximate surface area is 449 Å². The normalized spacial score (nSPS) is 13.9. The van der Waals surface area contributed by atoms with E-state index in [1.165, 1.54) is 142 Å². The van der Waals surface area contributed by atoms with Gasteiger partial charge in [0.05, 0.1) is 17.1 Å². The van der Waals surface area contributed by atoms with Gasteiger partial charge in [0.25, 0.3) is 6.71 Å². The van der Waals surface area contributed by atoms with Crippen molar-refractivity contribution < 1.29 is 0 Å². The first-order valence-corrected chi connectivity index (χ1v) is 27.9. The lowest BCUT2D eigenvalue weighted by Gasteiger charge is -2.44. The van der Waals surface area contributed by atoms with Gasteiger partial charge in [0, 0.05) is 43.1 Å². The fourth-order valence-electron chi connectivity index (χ4n) is 12.5. The summed E-state index contributed by atoms with van der Waals surface area (Å²) in [4.78, 5) is 5.36. The molecule has 10 aromatic carbocycles. The Morgan fingerprint density at radius 1 is 0.387 bits per heavy atom. The van der Waals surface area contributed by atoms with Crippen LogP contribution in [0.5, 0.6) is 0 Å². The number of hydrogen-bond donors (Lipinski definition) is 0. The number of benzene rings is 10. The molecule has 0 bridgehead atoms. The van der Waals surface area contributed by atoms with Gasteiger partial charge in [0.2, 0.25) is 0 Å². The molecule has 0 aliphatic carbocycles. The van der Waals surface area contributed by atoms with Crippen LogP contribution >= 0.6 is 11.3 Å². The summed E-state index contributed by atoms with van der Waals surface area (Å²) >= 11 is 1.99. The van der Waals surface area contributed by atoms with Gasteiger partial charge in [0.1, 0.15) is 0 Å². The smallest absolute Gasteiger partial charge is 0.264 e. The molecule has 2 aliphatic heterocycles. The highest BCUT2D eigenvalue weighted by Gasteiger charge is 2.47. The van der Waals surface area contributed by atoms with Gasteiger partial charge in [-0.2, -0.15) is 0 Å². The van der Waals surface area contributed by atoms with Crippen molar-refractivity contribution in [1.29, 1.82) is 0 Å². The Morgan fingerprint density at radius 3 is 1.55 bits per heavy atom. The van der Waals surface area contributed by atoms with Gasteiger partial charge in [0.15, 0.2) is 0 Å². The Bertz CT molecular complexity index is 4110. The zero-order chi connectivity index (χ0) is 52.2. The van der Waals surface area contributed by atoms with Crippen molar-refractivity contribution in [3.8, 4) is 22.3 Å². The molecule has 2 aliphatic rings. The van der Waals surface area contributed by atoms with Crippen LogP contribution in [0.1, 0.15) is 111 Å². The molecule has 0 atom stereocenters. The van der Waals surface area contributed by atoms with Crippen LogP contribution in [0.3, 0.4) is 0 Å². The quantitative estimate of drug-likeness (QED) is 0.128.